The molecule has 0 N–H and O–H groups in total. The molecule has 0 saturated carbocycles. The maximum absolute atomic E-state index is 13.3. The molecule has 2 heterocycles. The second kappa shape index (κ2) is 5.02. The van der Waals surface area contributed by atoms with Crippen molar-refractivity contribution in [3.63, 3.8) is 0 Å². The summed E-state index contributed by atoms with van der Waals surface area (Å²) in [5.41, 5.74) is 1.70. The summed E-state index contributed by atoms with van der Waals surface area (Å²) >= 11 is 0. The van der Waals surface area contributed by atoms with Gasteiger partial charge in [-0.15, -0.1) is 5.10 Å². The van der Waals surface area contributed by atoms with Gasteiger partial charge in [0.2, 0.25) is 0 Å². The maximum Gasteiger partial charge on any atom is 0.145 e. The fourth-order valence-electron chi connectivity index (χ4n) is 2.31. The van der Waals surface area contributed by atoms with Gasteiger partial charge in [-0.25, -0.2) is 9.07 Å². The van der Waals surface area contributed by atoms with Crippen molar-refractivity contribution in [2.24, 2.45) is 0 Å². The van der Waals surface area contributed by atoms with Crippen LogP contribution >= 0.6 is 0 Å². The lowest BCUT2D eigenvalue weighted by Gasteiger charge is -2.30. The number of benzene rings is 1. The molecule has 0 saturated heterocycles. The molecule has 0 aliphatic carbocycles. The Bertz CT molecular complexity index is 647. The molecule has 0 radical (unpaired) electrons. The van der Waals surface area contributed by atoms with Crippen molar-refractivity contribution in [3.05, 3.63) is 35.9 Å². The number of hydrogen-bond donors (Lipinski definition) is 0. The number of fused-ring (bicyclic) bond motifs is 1. The minimum Gasteiger partial charge on any atom is -0.489 e. The Morgan fingerprint density at radius 1 is 1.33 bits per heavy atom. The smallest absolute Gasteiger partial charge is 0.145 e. The topological polar surface area (TPSA) is 43.2 Å². The second-order valence-electron chi connectivity index (χ2n) is 6.21. The molecule has 1 aromatic heterocycles. The summed E-state index contributed by atoms with van der Waals surface area (Å²) in [6.07, 6.45) is 1.96. The molecule has 0 spiro atoms. The van der Waals surface area contributed by atoms with E-state index in [1.807, 2.05) is 10.9 Å². The highest BCUT2D eigenvalue weighted by molar-refractivity contribution is 5.59. The average molecular weight is 290 g/mol. The zero-order chi connectivity index (χ0) is 15.0. The van der Waals surface area contributed by atoms with Gasteiger partial charge in [0.15, 0.2) is 0 Å². The third-order valence-electron chi connectivity index (χ3n) is 3.46. The first kappa shape index (κ1) is 13.9. The summed E-state index contributed by atoms with van der Waals surface area (Å²) in [4.78, 5) is 2.13. The van der Waals surface area contributed by atoms with Gasteiger partial charge >= 0.3 is 0 Å². The number of rotatable bonds is 2. The molecular formula is C15H19FN4O. The largest absolute Gasteiger partial charge is 0.489 e. The lowest BCUT2D eigenvalue weighted by molar-refractivity contribution is 0.305. The lowest BCUT2D eigenvalue weighted by Crippen LogP contribution is -2.32. The van der Waals surface area contributed by atoms with Crippen LogP contribution in [-0.2, 0) is 12.1 Å². The van der Waals surface area contributed by atoms with Gasteiger partial charge in [-0.1, -0.05) is 5.21 Å². The fraction of sp³-hybridized carbons (Fsp3) is 0.467. The predicted molar refractivity (Wildman–Crippen MR) is 78.0 cm³/mol. The Labute approximate surface area is 123 Å². The molecule has 0 amide bonds. The molecule has 2 aromatic rings. The van der Waals surface area contributed by atoms with Crippen molar-refractivity contribution >= 4 is 5.69 Å². The first-order valence-electron chi connectivity index (χ1n) is 7.02. The van der Waals surface area contributed by atoms with Crippen molar-refractivity contribution in [2.45, 2.75) is 32.9 Å². The third kappa shape index (κ3) is 2.84. The molecule has 1 aliphatic heterocycles. The number of aromatic nitrogens is 3. The van der Waals surface area contributed by atoms with Gasteiger partial charge in [-0.3, -0.25) is 0 Å². The quantitative estimate of drug-likeness (QED) is 0.852. The fourth-order valence-corrected chi connectivity index (χ4v) is 2.31. The summed E-state index contributed by atoms with van der Waals surface area (Å²) in [5, 5.41) is 8.40. The van der Waals surface area contributed by atoms with Crippen molar-refractivity contribution in [1.82, 2.24) is 15.0 Å². The van der Waals surface area contributed by atoms with Crippen LogP contribution in [0.25, 0.3) is 0 Å². The first-order valence-corrected chi connectivity index (χ1v) is 7.02. The number of anilines is 1. The maximum atomic E-state index is 13.3. The van der Waals surface area contributed by atoms with E-state index in [1.165, 1.54) is 12.1 Å². The molecule has 5 nitrogen and oxygen atoms in total. The molecular weight excluding hydrogens is 271 g/mol. The van der Waals surface area contributed by atoms with Gasteiger partial charge in [0.1, 0.15) is 23.9 Å². The summed E-state index contributed by atoms with van der Waals surface area (Å²) in [5.74, 6) is 0.304. The van der Waals surface area contributed by atoms with Crippen molar-refractivity contribution in [3.8, 4) is 5.75 Å². The normalized spacial score (nSPS) is 14.8. The van der Waals surface area contributed by atoms with Gasteiger partial charge in [-0.05, 0) is 32.9 Å². The van der Waals surface area contributed by atoms with Crippen LogP contribution in [0.15, 0.2) is 24.4 Å². The van der Waals surface area contributed by atoms with Crippen LogP contribution in [0.3, 0.4) is 0 Å². The highest BCUT2D eigenvalue weighted by Crippen LogP contribution is 2.32. The average Bonchev–Trinajstić information content (AvgIpc) is 2.87. The third-order valence-corrected chi connectivity index (χ3v) is 3.46. The van der Waals surface area contributed by atoms with Crippen LogP contribution in [0.5, 0.6) is 5.75 Å². The monoisotopic (exact) mass is 290 g/mol. The molecule has 21 heavy (non-hydrogen) atoms. The molecule has 0 atom stereocenters. The molecule has 1 aliphatic rings. The highest BCUT2D eigenvalue weighted by atomic mass is 19.1. The van der Waals surface area contributed by atoms with Crippen molar-refractivity contribution in [2.75, 3.05) is 18.1 Å². The van der Waals surface area contributed by atoms with Crippen LogP contribution in [0.2, 0.25) is 0 Å². The first-order chi connectivity index (χ1) is 9.93. The van der Waals surface area contributed by atoms with E-state index in [0.29, 0.717) is 18.9 Å². The SMILES string of the molecule is CC(C)(C)n1cc(CN2CCOc3cc(F)ccc32)nn1. The van der Waals surface area contributed by atoms with Gasteiger partial charge in [0, 0.05) is 6.07 Å². The van der Waals surface area contributed by atoms with E-state index >= 15 is 0 Å². The van der Waals surface area contributed by atoms with E-state index in [4.69, 9.17) is 4.74 Å². The van der Waals surface area contributed by atoms with E-state index < -0.39 is 0 Å². The highest BCUT2D eigenvalue weighted by Gasteiger charge is 2.21. The number of nitrogens with zero attached hydrogens (tertiary/aromatic N) is 4. The Balaban J connectivity index is 1.82. The summed E-state index contributed by atoms with van der Waals surface area (Å²) in [7, 11) is 0. The number of ether oxygens (including phenoxy) is 1. The van der Waals surface area contributed by atoms with Crippen molar-refractivity contribution in [1.29, 1.82) is 0 Å². The van der Waals surface area contributed by atoms with Gasteiger partial charge in [-0.2, -0.15) is 0 Å². The zero-order valence-electron chi connectivity index (χ0n) is 12.5. The van der Waals surface area contributed by atoms with E-state index in [0.717, 1.165) is 17.9 Å². The summed E-state index contributed by atoms with van der Waals surface area (Å²) in [6.45, 7) is 8.18. The van der Waals surface area contributed by atoms with E-state index in [2.05, 4.69) is 36.0 Å². The van der Waals surface area contributed by atoms with E-state index in [1.54, 1.807) is 6.07 Å². The predicted octanol–water partition coefficient (Wildman–Crippen LogP) is 2.57. The molecule has 0 unspecified atom stereocenters. The minimum absolute atomic E-state index is 0.0860. The van der Waals surface area contributed by atoms with Crippen LogP contribution in [0.1, 0.15) is 26.5 Å². The van der Waals surface area contributed by atoms with Gasteiger partial charge in [0.25, 0.3) is 0 Å². The van der Waals surface area contributed by atoms with Crippen molar-refractivity contribution < 1.29 is 9.13 Å². The minimum atomic E-state index is -0.283. The van der Waals surface area contributed by atoms with Crippen LogP contribution in [0.4, 0.5) is 10.1 Å². The zero-order valence-corrected chi connectivity index (χ0v) is 12.5. The lowest BCUT2D eigenvalue weighted by atomic mass is 10.1. The van der Waals surface area contributed by atoms with E-state index in [-0.39, 0.29) is 11.4 Å². The molecule has 6 heteroatoms. The summed E-state index contributed by atoms with van der Waals surface area (Å²) < 4.78 is 20.6. The Morgan fingerprint density at radius 3 is 2.86 bits per heavy atom. The van der Waals surface area contributed by atoms with Crippen LogP contribution in [-0.4, -0.2) is 28.1 Å². The Kier molecular flexibility index (Phi) is 3.31. The summed E-state index contributed by atoms with van der Waals surface area (Å²) in [6, 6.07) is 4.62. The number of halogens is 1. The number of hydrogen-bond acceptors (Lipinski definition) is 4. The molecule has 0 fully saturated rings. The molecule has 0 bridgehead atoms. The van der Waals surface area contributed by atoms with Crippen LogP contribution < -0.4 is 9.64 Å². The van der Waals surface area contributed by atoms with Gasteiger partial charge in [0.05, 0.1) is 30.5 Å². The Morgan fingerprint density at radius 2 is 2.14 bits per heavy atom. The van der Waals surface area contributed by atoms with E-state index in [9.17, 15) is 4.39 Å². The van der Waals surface area contributed by atoms with Crippen LogP contribution in [0, 0.1) is 5.82 Å². The standard InChI is InChI=1S/C15H19FN4O/c1-15(2,3)20-10-12(17-18-20)9-19-6-7-21-14-8-11(16)4-5-13(14)19/h4-5,8,10H,6-7,9H2,1-3H3. The van der Waals surface area contributed by atoms with Gasteiger partial charge < -0.3 is 9.64 Å². The molecule has 112 valence electrons. The molecule has 1 aromatic carbocycles. The molecule has 3 rings (SSSR count). The Hall–Kier alpha value is -2.11. The second-order valence-corrected chi connectivity index (χ2v) is 6.21.